The van der Waals surface area contributed by atoms with Gasteiger partial charge in [-0.3, -0.25) is 4.79 Å². The largest absolute Gasteiger partial charge is 0.377 e. The highest BCUT2D eigenvalue weighted by molar-refractivity contribution is 5.80. The van der Waals surface area contributed by atoms with Crippen LogP contribution in [0.3, 0.4) is 0 Å². The molecule has 2 fully saturated rings. The molecular weight excluding hydrogens is 248 g/mol. The number of nitrogens with zero attached hydrogens (tertiary/aromatic N) is 1. The molecule has 6 heteroatoms. The molecule has 2 aliphatic rings. The van der Waals surface area contributed by atoms with E-state index in [1.807, 2.05) is 4.90 Å². The minimum Gasteiger partial charge on any atom is -0.377 e. The number of rotatable bonds is 1. The van der Waals surface area contributed by atoms with E-state index in [9.17, 15) is 4.79 Å². The standard InChI is InChI=1S/C13H24N2O4/c16-13(12-2-1-3-14-12)15-4-6-17-8-10-19-11-9-18-7-5-15/h12,14H,1-11H2/p+1/t12-/m1/s1. The minimum absolute atomic E-state index is 0.108. The average Bonchev–Trinajstić information content (AvgIpc) is 2.92. The van der Waals surface area contributed by atoms with Gasteiger partial charge in [0.25, 0.3) is 5.91 Å². The summed E-state index contributed by atoms with van der Waals surface area (Å²) in [5.74, 6) is 0.234. The maximum Gasteiger partial charge on any atom is 0.280 e. The first-order valence-electron chi connectivity index (χ1n) is 7.23. The van der Waals surface area contributed by atoms with Crippen molar-refractivity contribution < 1.29 is 24.3 Å². The lowest BCUT2D eigenvalue weighted by molar-refractivity contribution is -0.658. The van der Waals surface area contributed by atoms with Crippen LogP contribution in [-0.2, 0) is 19.0 Å². The van der Waals surface area contributed by atoms with Gasteiger partial charge in [0, 0.05) is 25.9 Å². The molecule has 2 saturated heterocycles. The Bertz CT molecular complexity index is 257. The van der Waals surface area contributed by atoms with Crippen LogP contribution in [0, 0.1) is 0 Å². The van der Waals surface area contributed by atoms with Gasteiger partial charge in [-0.2, -0.15) is 0 Å². The molecule has 2 aliphatic heterocycles. The van der Waals surface area contributed by atoms with E-state index in [1.54, 1.807) is 0 Å². The molecule has 1 amide bonds. The lowest BCUT2D eigenvalue weighted by atomic mass is 10.2. The van der Waals surface area contributed by atoms with Crippen LogP contribution < -0.4 is 5.32 Å². The Balaban J connectivity index is 1.81. The Morgan fingerprint density at radius 3 is 2.05 bits per heavy atom. The first-order chi connectivity index (χ1) is 9.38. The van der Waals surface area contributed by atoms with E-state index in [0.717, 1.165) is 19.4 Å². The molecule has 0 bridgehead atoms. The minimum atomic E-state index is 0.108. The zero-order chi connectivity index (χ0) is 13.3. The normalized spacial score (nSPS) is 27.6. The molecule has 0 aliphatic carbocycles. The van der Waals surface area contributed by atoms with Gasteiger partial charge in [0.1, 0.15) is 0 Å². The van der Waals surface area contributed by atoms with Crippen LogP contribution in [0.4, 0.5) is 0 Å². The molecule has 2 rings (SSSR count). The molecule has 110 valence electrons. The zero-order valence-corrected chi connectivity index (χ0v) is 11.5. The van der Waals surface area contributed by atoms with Crippen molar-refractivity contribution in [3.63, 3.8) is 0 Å². The van der Waals surface area contributed by atoms with Crippen LogP contribution >= 0.6 is 0 Å². The van der Waals surface area contributed by atoms with Crippen LogP contribution in [-0.4, -0.2) is 76.1 Å². The average molecular weight is 273 g/mol. The highest BCUT2D eigenvalue weighted by Crippen LogP contribution is 2.03. The Morgan fingerprint density at radius 1 is 0.947 bits per heavy atom. The van der Waals surface area contributed by atoms with Crippen molar-refractivity contribution in [1.82, 2.24) is 4.90 Å². The first-order valence-corrected chi connectivity index (χ1v) is 7.23. The third-order valence-electron chi connectivity index (χ3n) is 3.55. The monoisotopic (exact) mass is 273 g/mol. The SMILES string of the molecule is O=C([C@H]1CCC[NH2+]1)N1CCOCCOCCOCC1. The van der Waals surface area contributed by atoms with Crippen LogP contribution in [0.15, 0.2) is 0 Å². The molecule has 0 unspecified atom stereocenters. The summed E-state index contributed by atoms with van der Waals surface area (Å²) < 4.78 is 16.3. The number of carbonyl (C=O) groups excluding carboxylic acids is 1. The summed E-state index contributed by atoms with van der Waals surface area (Å²) in [6.07, 6.45) is 2.12. The van der Waals surface area contributed by atoms with Crippen LogP contribution in [0.2, 0.25) is 0 Å². The lowest BCUT2D eigenvalue weighted by Gasteiger charge is -2.24. The Labute approximate surface area is 114 Å². The van der Waals surface area contributed by atoms with Gasteiger partial charge in [0.05, 0.1) is 46.2 Å². The summed E-state index contributed by atoms with van der Waals surface area (Å²) in [6, 6.07) is 0.108. The second kappa shape index (κ2) is 8.47. The van der Waals surface area contributed by atoms with Gasteiger partial charge in [0.2, 0.25) is 0 Å². The van der Waals surface area contributed by atoms with E-state index in [0.29, 0.717) is 52.7 Å². The summed E-state index contributed by atoms with van der Waals surface area (Å²) in [4.78, 5) is 14.3. The van der Waals surface area contributed by atoms with Gasteiger partial charge in [-0.05, 0) is 0 Å². The van der Waals surface area contributed by atoms with Gasteiger partial charge in [-0.1, -0.05) is 0 Å². The summed E-state index contributed by atoms with van der Waals surface area (Å²) in [7, 11) is 0. The van der Waals surface area contributed by atoms with Crippen LogP contribution in [0.1, 0.15) is 12.8 Å². The highest BCUT2D eigenvalue weighted by atomic mass is 16.5. The van der Waals surface area contributed by atoms with Gasteiger partial charge >= 0.3 is 0 Å². The van der Waals surface area contributed by atoms with E-state index >= 15 is 0 Å². The van der Waals surface area contributed by atoms with E-state index in [4.69, 9.17) is 14.2 Å². The molecule has 19 heavy (non-hydrogen) atoms. The summed E-state index contributed by atoms with van der Waals surface area (Å²) in [5, 5.41) is 2.15. The summed E-state index contributed by atoms with van der Waals surface area (Å²) in [6.45, 7) is 5.84. The maximum absolute atomic E-state index is 12.4. The number of hydrogen-bond acceptors (Lipinski definition) is 4. The van der Waals surface area contributed by atoms with Gasteiger partial charge < -0.3 is 24.4 Å². The molecule has 0 saturated carbocycles. The Morgan fingerprint density at radius 2 is 1.53 bits per heavy atom. The molecule has 1 atom stereocenters. The predicted octanol–water partition coefficient (Wildman–Crippen LogP) is -1.40. The maximum atomic E-state index is 12.4. The van der Waals surface area contributed by atoms with Gasteiger partial charge in [0.15, 0.2) is 6.04 Å². The van der Waals surface area contributed by atoms with Crippen molar-refractivity contribution in [3.05, 3.63) is 0 Å². The molecule has 0 aromatic carbocycles. The molecule has 0 aromatic rings. The summed E-state index contributed by atoms with van der Waals surface area (Å²) >= 11 is 0. The van der Waals surface area contributed by atoms with Crippen LogP contribution in [0.25, 0.3) is 0 Å². The number of amides is 1. The zero-order valence-electron chi connectivity index (χ0n) is 11.5. The second-order valence-corrected chi connectivity index (χ2v) is 4.94. The number of nitrogens with two attached hydrogens (primary N) is 1. The van der Waals surface area contributed by atoms with Crippen molar-refractivity contribution in [3.8, 4) is 0 Å². The van der Waals surface area contributed by atoms with Crippen molar-refractivity contribution in [1.29, 1.82) is 0 Å². The number of ether oxygens (including phenoxy) is 3. The quantitative estimate of drug-likeness (QED) is 0.638. The van der Waals surface area contributed by atoms with Gasteiger partial charge in [-0.15, -0.1) is 0 Å². The summed E-state index contributed by atoms with van der Waals surface area (Å²) in [5.41, 5.74) is 0. The van der Waals surface area contributed by atoms with E-state index in [1.165, 1.54) is 0 Å². The van der Waals surface area contributed by atoms with Crippen LogP contribution in [0.5, 0.6) is 0 Å². The van der Waals surface area contributed by atoms with Crippen molar-refractivity contribution in [2.75, 3.05) is 59.3 Å². The predicted molar refractivity (Wildman–Crippen MR) is 68.9 cm³/mol. The van der Waals surface area contributed by atoms with Crippen molar-refractivity contribution in [2.45, 2.75) is 18.9 Å². The number of hydrogen-bond donors (Lipinski definition) is 1. The van der Waals surface area contributed by atoms with E-state index in [2.05, 4.69) is 5.32 Å². The molecule has 0 radical (unpaired) electrons. The third kappa shape index (κ3) is 5.06. The Hall–Kier alpha value is -0.690. The van der Waals surface area contributed by atoms with E-state index < -0.39 is 0 Å². The third-order valence-corrected chi connectivity index (χ3v) is 3.55. The lowest BCUT2D eigenvalue weighted by Crippen LogP contribution is -2.89. The number of quaternary nitrogens is 1. The topological polar surface area (TPSA) is 64.6 Å². The number of carbonyl (C=O) groups is 1. The molecule has 2 N–H and O–H groups in total. The first kappa shape index (κ1) is 14.7. The molecule has 0 aromatic heterocycles. The van der Waals surface area contributed by atoms with E-state index in [-0.39, 0.29) is 11.9 Å². The van der Waals surface area contributed by atoms with Crippen molar-refractivity contribution >= 4 is 5.91 Å². The molecule has 6 nitrogen and oxygen atoms in total. The highest BCUT2D eigenvalue weighted by Gasteiger charge is 2.30. The second-order valence-electron chi connectivity index (χ2n) is 4.94. The fourth-order valence-electron chi connectivity index (χ4n) is 2.46. The molecule has 0 spiro atoms. The molecule has 2 heterocycles. The fourth-order valence-corrected chi connectivity index (χ4v) is 2.46. The fraction of sp³-hybridized carbons (Fsp3) is 0.923. The Kier molecular flexibility index (Phi) is 6.56. The van der Waals surface area contributed by atoms with Gasteiger partial charge in [-0.25, -0.2) is 0 Å². The van der Waals surface area contributed by atoms with Crippen molar-refractivity contribution in [2.24, 2.45) is 0 Å². The smallest absolute Gasteiger partial charge is 0.280 e. The molecular formula is C13H25N2O4+.